The van der Waals surface area contributed by atoms with Gasteiger partial charge in [0.25, 0.3) is 5.91 Å². The van der Waals surface area contributed by atoms with Gasteiger partial charge in [0.1, 0.15) is 0 Å². The highest BCUT2D eigenvalue weighted by Crippen LogP contribution is 2.27. The molecule has 1 saturated carbocycles. The van der Waals surface area contributed by atoms with Crippen LogP contribution < -0.4 is 0 Å². The average Bonchev–Trinajstić information content (AvgIpc) is 2.89. The van der Waals surface area contributed by atoms with E-state index in [9.17, 15) is 9.90 Å². The van der Waals surface area contributed by atoms with Gasteiger partial charge in [0.2, 0.25) is 5.88 Å². The number of hydrogen-bond acceptors (Lipinski definition) is 4. The molecule has 0 unspecified atom stereocenters. The summed E-state index contributed by atoms with van der Waals surface area (Å²) in [4.78, 5) is 19.3. The van der Waals surface area contributed by atoms with E-state index in [2.05, 4.69) is 10.1 Å². The number of carbonyl (C=O) groups is 1. The molecule has 4 rings (SSSR count). The lowest BCUT2D eigenvalue weighted by Crippen LogP contribution is -2.32. The number of aromatic nitrogens is 3. The number of carbonyl (C=O) groups excluding carboxylic acids is 1. The van der Waals surface area contributed by atoms with Crippen molar-refractivity contribution in [1.29, 1.82) is 0 Å². The second-order valence-corrected chi connectivity index (χ2v) is 7.82. The molecule has 1 aliphatic heterocycles. The average molecular weight is 356 g/mol. The summed E-state index contributed by atoms with van der Waals surface area (Å²) >= 11 is 0. The van der Waals surface area contributed by atoms with Crippen LogP contribution in [-0.2, 0) is 6.42 Å². The standard InChI is InChI=1S/C20H28N4O2/c25-19-13-16(12-15-8-4-3-5-9-15)21-18-14-17(22-24(18)19)20(26)23-10-6-1-2-7-11-23/h13-15,25H,1-12H2. The van der Waals surface area contributed by atoms with Crippen LogP contribution in [0.25, 0.3) is 5.65 Å². The summed E-state index contributed by atoms with van der Waals surface area (Å²) in [6, 6.07) is 3.42. The number of likely N-dealkylation sites (tertiary alicyclic amines) is 1. The largest absolute Gasteiger partial charge is 0.493 e. The molecule has 6 nitrogen and oxygen atoms in total. The smallest absolute Gasteiger partial charge is 0.274 e. The summed E-state index contributed by atoms with van der Waals surface area (Å²) in [6.07, 6.45) is 11.8. The molecular formula is C20H28N4O2. The molecule has 26 heavy (non-hydrogen) atoms. The molecule has 3 heterocycles. The normalized spacial score (nSPS) is 19.6. The second-order valence-electron chi connectivity index (χ2n) is 7.82. The minimum Gasteiger partial charge on any atom is -0.493 e. The van der Waals surface area contributed by atoms with E-state index < -0.39 is 0 Å². The quantitative estimate of drug-likeness (QED) is 0.912. The number of amides is 1. The van der Waals surface area contributed by atoms with Crippen molar-refractivity contribution in [3.05, 3.63) is 23.5 Å². The third-order valence-corrected chi connectivity index (χ3v) is 5.80. The van der Waals surface area contributed by atoms with E-state index in [1.165, 1.54) is 49.5 Å². The molecule has 2 aromatic heterocycles. The van der Waals surface area contributed by atoms with Crippen LogP contribution in [0.5, 0.6) is 5.88 Å². The molecule has 2 aliphatic rings. The van der Waals surface area contributed by atoms with Crippen LogP contribution in [0.2, 0.25) is 0 Å². The molecule has 6 heteroatoms. The Bertz CT molecular complexity index is 771. The van der Waals surface area contributed by atoms with Crippen LogP contribution in [0.4, 0.5) is 0 Å². The Morgan fingerprint density at radius 2 is 1.73 bits per heavy atom. The van der Waals surface area contributed by atoms with Crippen molar-refractivity contribution in [2.75, 3.05) is 13.1 Å². The van der Waals surface area contributed by atoms with Gasteiger partial charge in [-0.3, -0.25) is 4.79 Å². The predicted octanol–water partition coefficient (Wildman–Crippen LogP) is 3.57. The summed E-state index contributed by atoms with van der Waals surface area (Å²) in [7, 11) is 0. The zero-order chi connectivity index (χ0) is 17.9. The van der Waals surface area contributed by atoms with Crippen molar-refractivity contribution in [2.45, 2.75) is 64.2 Å². The Balaban J connectivity index is 1.55. The van der Waals surface area contributed by atoms with E-state index in [1.54, 1.807) is 12.1 Å². The Morgan fingerprint density at radius 1 is 1.04 bits per heavy atom. The van der Waals surface area contributed by atoms with E-state index >= 15 is 0 Å². The van der Waals surface area contributed by atoms with E-state index in [-0.39, 0.29) is 11.8 Å². The van der Waals surface area contributed by atoms with Gasteiger partial charge >= 0.3 is 0 Å². The monoisotopic (exact) mass is 356 g/mol. The van der Waals surface area contributed by atoms with Crippen molar-refractivity contribution >= 4 is 11.6 Å². The van der Waals surface area contributed by atoms with Gasteiger partial charge in [-0.25, -0.2) is 4.98 Å². The fraction of sp³-hybridized carbons (Fsp3) is 0.650. The highest BCUT2D eigenvalue weighted by atomic mass is 16.3. The van der Waals surface area contributed by atoms with Crippen molar-refractivity contribution in [3.63, 3.8) is 0 Å². The topological polar surface area (TPSA) is 70.7 Å². The maximum Gasteiger partial charge on any atom is 0.274 e. The van der Waals surface area contributed by atoms with Gasteiger partial charge in [0.05, 0.1) is 0 Å². The first-order chi connectivity index (χ1) is 12.7. The van der Waals surface area contributed by atoms with Gasteiger partial charge in [-0.15, -0.1) is 0 Å². The molecular weight excluding hydrogens is 328 g/mol. The van der Waals surface area contributed by atoms with E-state index in [1.807, 2.05) is 4.90 Å². The molecule has 0 atom stereocenters. The Labute approximate surface area is 154 Å². The Hall–Kier alpha value is -2.11. The number of nitrogens with zero attached hydrogens (tertiary/aromatic N) is 4. The lowest BCUT2D eigenvalue weighted by atomic mass is 9.86. The highest BCUT2D eigenvalue weighted by Gasteiger charge is 2.22. The van der Waals surface area contributed by atoms with Crippen molar-refractivity contribution in [3.8, 4) is 5.88 Å². The van der Waals surface area contributed by atoms with E-state index in [0.717, 1.165) is 38.0 Å². The molecule has 2 aromatic rings. The summed E-state index contributed by atoms with van der Waals surface area (Å²) in [5.41, 5.74) is 1.84. The third-order valence-electron chi connectivity index (χ3n) is 5.80. The zero-order valence-corrected chi connectivity index (χ0v) is 15.4. The molecule has 1 N–H and O–H groups in total. The number of hydrogen-bond donors (Lipinski definition) is 1. The first kappa shape index (κ1) is 17.3. The fourth-order valence-electron chi connectivity index (χ4n) is 4.34. The molecule has 1 amide bonds. The molecule has 0 radical (unpaired) electrons. The molecule has 0 aromatic carbocycles. The Kier molecular flexibility index (Phi) is 5.09. The minimum atomic E-state index is -0.0503. The number of rotatable bonds is 3. The fourth-order valence-corrected chi connectivity index (χ4v) is 4.34. The number of fused-ring (bicyclic) bond motifs is 1. The van der Waals surface area contributed by atoms with Gasteiger partial charge in [0.15, 0.2) is 11.3 Å². The number of aromatic hydroxyl groups is 1. The van der Waals surface area contributed by atoms with Crippen LogP contribution in [0, 0.1) is 5.92 Å². The van der Waals surface area contributed by atoms with Gasteiger partial charge in [-0.2, -0.15) is 9.61 Å². The highest BCUT2D eigenvalue weighted by molar-refractivity contribution is 5.93. The molecule has 0 spiro atoms. The summed E-state index contributed by atoms with van der Waals surface area (Å²) in [5.74, 6) is 0.667. The molecule has 0 bridgehead atoms. The van der Waals surface area contributed by atoms with Gasteiger partial charge in [0, 0.05) is 30.9 Å². The predicted molar refractivity (Wildman–Crippen MR) is 99.3 cm³/mol. The van der Waals surface area contributed by atoms with E-state index in [4.69, 9.17) is 0 Å². The third kappa shape index (κ3) is 3.69. The summed E-state index contributed by atoms with van der Waals surface area (Å²) < 4.78 is 1.38. The van der Waals surface area contributed by atoms with Crippen molar-refractivity contribution < 1.29 is 9.90 Å². The minimum absolute atomic E-state index is 0.0503. The lowest BCUT2D eigenvalue weighted by molar-refractivity contribution is 0.0755. The summed E-state index contributed by atoms with van der Waals surface area (Å²) in [5, 5.41) is 14.7. The van der Waals surface area contributed by atoms with Gasteiger partial charge < -0.3 is 10.0 Å². The SMILES string of the molecule is O=C(c1cc2nc(CC3CCCCC3)cc(O)n2n1)N1CCCCCC1. The van der Waals surface area contributed by atoms with Crippen molar-refractivity contribution in [2.24, 2.45) is 5.92 Å². The Morgan fingerprint density at radius 3 is 2.46 bits per heavy atom. The first-order valence-corrected chi connectivity index (χ1v) is 10.1. The lowest BCUT2D eigenvalue weighted by Gasteiger charge is -2.21. The molecule has 1 aliphatic carbocycles. The maximum absolute atomic E-state index is 12.8. The second kappa shape index (κ2) is 7.64. The van der Waals surface area contributed by atoms with Crippen LogP contribution in [0.15, 0.2) is 12.1 Å². The van der Waals surface area contributed by atoms with Gasteiger partial charge in [-0.1, -0.05) is 44.9 Å². The van der Waals surface area contributed by atoms with E-state index in [0.29, 0.717) is 17.3 Å². The van der Waals surface area contributed by atoms with Crippen LogP contribution in [0.3, 0.4) is 0 Å². The maximum atomic E-state index is 12.8. The molecule has 1 saturated heterocycles. The first-order valence-electron chi connectivity index (χ1n) is 10.1. The van der Waals surface area contributed by atoms with Crippen LogP contribution in [-0.4, -0.2) is 43.6 Å². The van der Waals surface area contributed by atoms with Gasteiger partial charge in [-0.05, 0) is 25.2 Å². The molecule has 2 fully saturated rings. The van der Waals surface area contributed by atoms with Crippen LogP contribution in [0.1, 0.15) is 74.0 Å². The summed E-state index contributed by atoms with van der Waals surface area (Å²) in [6.45, 7) is 1.58. The zero-order valence-electron chi connectivity index (χ0n) is 15.4. The van der Waals surface area contributed by atoms with Crippen LogP contribution >= 0.6 is 0 Å². The van der Waals surface area contributed by atoms with Crippen molar-refractivity contribution in [1.82, 2.24) is 19.5 Å². The molecule has 140 valence electrons.